The van der Waals surface area contributed by atoms with Gasteiger partial charge in [-0.1, -0.05) is 13.8 Å². The van der Waals surface area contributed by atoms with Gasteiger partial charge in [-0.2, -0.15) is 0 Å². The minimum atomic E-state index is -0.141. The van der Waals surface area contributed by atoms with Crippen molar-refractivity contribution in [1.29, 1.82) is 0 Å². The number of carbonyl (C=O) groups is 1. The van der Waals surface area contributed by atoms with Crippen LogP contribution in [0.3, 0.4) is 0 Å². The van der Waals surface area contributed by atoms with Gasteiger partial charge in [0.05, 0.1) is 24.8 Å². The summed E-state index contributed by atoms with van der Waals surface area (Å²) in [7, 11) is 0. The van der Waals surface area contributed by atoms with Crippen molar-refractivity contribution in [2.75, 3.05) is 19.8 Å². The van der Waals surface area contributed by atoms with Crippen molar-refractivity contribution in [2.45, 2.75) is 52.3 Å². The van der Waals surface area contributed by atoms with E-state index in [4.69, 9.17) is 9.47 Å². The highest BCUT2D eigenvalue weighted by Gasteiger charge is 2.25. The third kappa shape index (κ3) is 5.69. The van der Waals surface area contributed by atoms with Gasteiger partial charge in [-0.05, 0) is 26.2 Å². The van der Waals surface area contributed by atoms with Crippen LogP contribution in [0.1, 0.15) is 34.1 Å². The summed E-state index contributed by atoms with van der Waals surface area (Å²) in [6, 6.07) is -0.00634. The molecule has 106 valence electrons. The molecule has 0 aromatic carbocycles. The zero-order chi connectivity index (χ0) is 13.5. The molecule has 1 fully saturated rings. The van der Waals surface area contributed by atoms with E-state index < -0.39 is 0 Å². The molecule has 0 saturated carbocycles. The van der Waals surface area contributed by atoms with Gasteiger partial charge in [0, 0.05) is 13.2 Å². The highest BCUT2D eigenvalue weighted by molar-refractivity contribution is 5.74. The largest absolute Gasteiger partial charge is 0.379 e. The second-order valence-electron chi connectivity index (χ2n) is 5.42. The molecule has 5 heteroatoms. The van der Waals surface area contributed by atoms with E-state index in [0.29, 0.717) is 12.5 Å². The van der Waals surface area contributed by atoms with Gasteiger partial charge in [-0.15, -0.1) is 0 Å². The lowest BCUT2D eigenvalue weighted by atomic mass is 10.2. The fourth-order valence-electron chi connectivity index (χ4n) is 1.88. The Morgan fingerprint density at radius 1 is 1.39 bits per heavy atom. The number of ether oxygens (including phenoxy) is 2. The van der Waals surface area contributed by atoms with E-state index in [1.807, 2.05) is 13.8 Å². The first-order chi connectivity index (χ1) is 8.49. The average Bonchev–Trinajstić information content (AvgIpc) is 2.63. The molecule has 3 unspecified atom stereocenters. The summed E-state index contributed by atoms with van der Waals surface area (Å²) in [5, 5.41) is 5.80. The number of amides is 2. The molecule has 1 heterocycles. The third-order valence-corrected chi connectivity index (χ3v) is 2.89. The van der Waals surface area contributed by atoms with Crippen LogP contribution < -0.4 is 10.6 Å². The summed E-state index contributed by atoms with van der Waals surface area (Å²) in [6.07, 6.45) is 0.982. The number of hydrogen-bond acceptors (Lipinski definition) is 3. The topological polar surface area (TPSA) is 59.6 Å². The number of hydrogen-bond donors (Lipinski definition) is 2. The highest BCUT2D eigenvalue weighted by Crippen LogP contribution is 2.12. The van der Waals surface area contributed by atoms with Crippen LogP contribution in [-0.4, -0.2) is 44.0 Å². The van der Waals surface area contributed by atoms with Crippen LogP contribution in [0.15, 0.2) is 0 Å². The molecular formula is C13H26N2O3. The van der Waals surface area contributed by atoms with Gasteiger partial charge in [0.25, 0.3) is 0 Å². The van der Waals surface area contributed by atoms with Crippen molar-refractivity contribution in [2.24, 2.45) is 5.92 Å². The van der Waals surface area contributed by atoms with E-state index in [0.717, 1.165) is 19.6 Å². The molecule has 1 saturated heterocycles. The summed E-state index contributed by atoms with van der Waals surface area (Å²) < 4.78 is 10.9. The predicted octanol–water partition coefficient (Wildman–Crippen LogP) is 1.52. The Hall–Kier alpha value is -0.810. The van der Waals surface area contributed by atoms with E-state index in [2.05, 4.69) is 24.5 Å². The molecule has 0 bridgehead atoms. The molecule has 1 aliphatic rings. The van der Waals surface area contributed by atoms with E-state index >= 15 is 0 Å². The van der Waals surface area contributed by atoms with Crippen molar-refractivity contribution in [3.63, 3.8) is 0 Å². The maximum absolute atomic E-state index is 11.7. The maximum Gasteiger partial charge on any atom is 0.315 e. The van der Waals surface area contributed by atoms with Gasteiger partial charge >= 0.3 is 6.03 Å². The lowest BCUT2D eigenvalue weighted by Gasteiger charge is -2.19. The fraction of sp³-hybridized carbons (Fsp3) is 0.923. The number of urea groups is 1. The van der Waals surface area contributed by atoms with Crippen LogP contribution in [0.2, 0.25) is 0 Å². The molecular weight excluding hydrogens is 232 g/mol. The first-order valence-electron chi connectivity index (χ1n) is 6.75. The number of nitrogens with one attached hydrogen (secondary N) is 2. The standard InChI is InChI=1S/C13H26N2O3/c1-9(2)7-17-8-10(3)14-13(16)15-12-5-6-18-11(12)4/h9-12H,5-8H2,1-4H3,(H2,14,15,16). The van der Waals surface area contributed by atoms with Crippen LogP contribution in [-0.2, 0) is 9.47 Å². The van der Waals surface area contributed by atoms with Crippen molar-refractivity contribution < 1.29 is 14.3 Å². The second-order valence-corrected chi connectivity index (χ2v) is 5.42. The third-order valence-electron chi connectivity index (χ3n) is 2.89. The fourth-order valence-corrected chi connectivity index (χ4v) is 1.88. The maximum atomic E-state index is 11.7. The smallest absolute Gasteiger partial charge is 0.315 e. The molecule has 2 N–H and O–H groups in total. The SMILES string of the molecule is CC(C)COCC(C)NC(=O)NC1CCOC1C. The Kier molecular flexibility index (Phi) is 6.43. The van der Waals surface area contributed by atoms with E-state index in [9.17, 15) is 4.79 Å². The van der Waals surface area contributed by atoms with Crippen LogP contribution >= 0.6 is 0 Å². The van der Waals surface area contributed by atoms with Crippen molar-refractivity contribution in [1.82, 2.24) is 10.6 Å². The molecule has 1 rings (SSSR count). The summed E-state index contributed by atoms with van der Waals surface area (Å²) in [5.74, 6) is 0.516. The van der Waals surface area contributed by atoms with Crippen molar-refractivity contribution in [3.05, 3.63) is 0 Å². The van der Waals surface area contributed by atoms with E-state index in [1.54, 1.807) is 0 Å². The van der Waals surface area contributed by atoms with Crippen LogP contribution in [0.5, 0.6) is 0 Å². The van der Waals surface area contributed by atoms with Crippen molar-refractivity contribution in [3.8, 4) is 0 Å². The predicted molar refractivity (Wildman–Crippen MR) is 70.6 cm³/mol. The Labute approximate surface area is 110 Å². The molecule has 0 aliphatic carbocycles. The first kappa shape index (κ1) is 15.2. The zero-order valence-corrected chi connectivity index (χ0v) is 11.9. The van der Waals surface area contributed by atoms with Gasteiger partial charge < -0.3 is 20.1 Å². The molecule has 3 atom stereocenters. The monoisotopic (exact) mass is 258 g/mol. The highest BCUT2D eigenvalue weighted by atomic mass is 16.5. The van der Waals surface area contributed by atoms with Crippen LogP contribution in [0.25, 0.3) is 0 Å². The van der Waals surface area contributed by atoms with E-state index in [-0.39, 0.29) is 24.2 Å². The van der Waals surface area contributed by atoms with Gasteiger partial charge in [-0.3, -0.25) is 0 Å². The van der Waals surface area contributed by atoms with E-state index in [1.165, 1.54) is 0 Å². The molecule has 0 aromatic rings. The number of carbonyl (C=O) groups excluding carboxylic acids is 1. The number of rotatable bonds is 6. The minimum absolute atomic E-state index is 0.0152. The quantitative estimate of drug-likeness (QED) is 0.759. The Morgan fingerprint density at radius 2 is 2.11 bits per heavy atom. The molecule has 2 amide bonds. The summed E-state index contributed by atoms with van der Waals surface area (Å²) in [6.45, 7) is 10.1. The van der Waals surface area contributed by atoms with Crippen LogP contribution in [0.4, 0.5) is 4.79 Å². The molecule has 0 aromatic heterocycles. The Balaban J connectivity index is 2.14. The Bertz CT molecular complexity index is 259. The molecule has 5 nitrogen and oxygen atoms in total. The first-order valence-corrected chi connectivity index (χ1v) is 6.75. The van der Waals surface area contributed by atoms with Gasteiger partial charge in [0.15, 0.2) is 0 Å². The molecule has 0 radical (unpaired) electrons. The van der Waals surface area contributed by atoms with Crippen molar-refractivity contribution >= 4 is 6.03 Å². The normalized spacial score (nSPS) is 25.2. The second kappa shape index (κ2) is 7.59. The summed E-state index contributed by atoms with van der Waals surface area (Å²) in [4.78, 5) is 11.7. The minimum Gasteiger partial charge on any atom is -0.379 e. The lowest BCUT2D eigenvalue weighted by Crippen LogP contribution is -2.48. The lowest BCUT2D eigenvalue weighted by molar-refractivity contribution is 0.0943. The van der Waals surface area contributed by atoms with Crippen LogP contribution in [0, 0.1) is 5.92 Å². The molecule has 0 spiro atoms. The van der Waals surface area contributed by atoms with Gasteiger partial charge in [0.1, 0.15) is 0 Å². The summed E-state index contributed by atoms with van der Waals surface area (Å²) in [5.41, 5.74) is 0. The molecule has 1 aliphatic heterocycles. The average molecular weight is 258 g/mol. The van der Waals surface area contributed by atoms with Gasteiger partial charge in [-0.25, -0.2) is 4.79 Å². The molecule has 18 heavy (non-hydrogen) atoms. The Morgan fingerprint density at radius 3 is 2.67 bits per heavy atom. The summed E-state index contributed by atoms with van der Waals surface area (Å²) >= 11 is 0. The zero-order valence-electron chi connectivity index (χ0n) is 11.9. The van der Waals surface area contributed by atoms with Gasteiger partial charge in [0.2, 0.25) is 0 Å².